The number of rotatable bonds is 5. The van der Waals surface area contributed by atoms with Crippen molar-refractivity contribution in [3.8, 4) is 12.3 Å². The highest BCUT2D eigenvalue weighted by molar-refractivity contribution is 14.0. The van der Waals surface area contributed by atoms with Gasteiger partial charge in [-0.25, -0.2) is 0 Å². The molecule has 1 saturated carbocycles. The molecule has 0 aromatic rings. The summed E-state index contributed by atoms with van der Waals surface area (Å²) in [7, 11) is 2.01. The van der Waals surface area contributed by atoms with Gasteiger partial charge in [-0.1, -0.05) is 5.92 Å². The SMILES string of the molecule is C#CCSCCN=C(N)N(C)C1CC1.I. The van der Waals surface area contributed by atoms with Gasteiger partial charge in [0.25, 0.3) is 0 Å². The zero-order valence-corrected chi connectivity index (χ0v) is 12.1. The zero-order valence-electron chi connectivity index (χ0n) is 8.98. The Bertz CT molecular complexity index is 246. The molecule has 0 saturated heterocycles. The number of guanidine groups is 1. The van der Waals surface area contributed by atoms with Gasteiger partial charge in [0, 0.05) is 18.8 Å². The van der Waals surface area contributed by atoms with Crippen LogP contribution in [-0.4, -0.2) is 42.0 Å². The molecule has 15 heavy (non-hydrogen) atoms. The molecule has 0 aliphatic heterocycles. The lowest BCUT2D eigenvalue weighted by atomic mass is 10.6. The molecule has 1 fully saturated rings. The minimum Gasteiger partial charge on any atom is -0.370 e. The molecule has 0 amide bonds. The van der Waals surface area contributed by atoms with Crippen molar-refractivity contribution in [2.24, 2.45) is 10.7 Å². The zero-order chi connectivity index (χ0) is 10.4. The molecule has 0 heterocycles. The number of thioether (sulfide) groups is 1. The molecule has 3 nitrogen and oxygen atoms in total. The fraction of sp³-hybridized carbons (Fsp3) is 0.700. The molecule has 5 heteroatoms. The molecule has 1 rings (SSSR count). The molecule has 1 aliphatic rings. The summed E-state index contributed by atoms with van der Waals surface area (Å²) in [6.45, 7) is 0.759. The first-order valence-corrected chi connectivity index (χ1v) is 5.95. The third kappa shape index (κ3) is 6.15. The van der Waals surface area contributed by atoms with Crippen molar-refractivity contribution in [2.75, 3.05) is 25.1 Å². The predicted molar refractivity (Wildman–Crippen MR) is 78.8 cm³/mol. The van der Waals surface area contributed by atoms with Gasteiger partial charge in [0.1, 0.15) is 0 Å². The summed E-state index contributed by atoms with van der Waals surface area (Å²) in [5, 5.41) is 0. The van der Waals surface area contributed by atoms with Crippen molar-refractivity contribution < 1.29 is 0 Å². The average Bonchev–Trinajstić information content (AvgIpc) is 2.99. The van der Waals surface area contributed by atoms with Crippen LogP contribution in [0.15, 0.2) is 4.99 Å². The summed E-state index contributed by atoms with van der Waals surface area (Å²) in [5.41, 5.74) is 5.80. The maximum atomic E-state index is 5.80. The van der Waals surface area contributed by atoms with Crippen LogP contribution in [0.5, 0.6) is 0 Å². The van der Waals surface area contributed by atoms with Crippen LogP contribution in [-0.2, 0) is 0 Å². The molecule has 1 aliphatic carbocycles. The summed E-state index contributed by atoms with van der Waals surface area (Å²) < 4.78 is 0. The van der Waals surface area contributed by atoms with Gasteiger partial charge in [0.15, 0.2) is 5.96 Å². The molecule has 0 bridgehead atoms. The number of nitrogens with zero attached hydrogens (tertiary/aromatic N) is 2. The Labute approximate surface area is 113 Å². The molecular weight excluding hydrogens is 321 g/mol. The maximum absolute atomic E-state index is 5.80. The van der Waals surface area contributed by atoms with Gasteiger partial charge in [-0.15, -0.1) is 42.2 Å². The lowest BCUT2D eigenvalue weighted by Gasteiger charge is -2.16. The number of nitrogens with two attached hydrogens (primary N) is 1. The van der Waals surface area contributed by atoms with Crippen LogP contribution in [0.2, 0.25) is 0 Å². The van der Waals surface area contributed by atoms with E-state index in [0.29, 0.717) is 12.0 Å². The van der Waals surface area contributed by atoms with E-state index in [1.807, 2.05) is 7.05 Å². The van der Waals surface area contributed by atoms with Crippen LogP contribution in [0.3, 0.4) is 0 Å². The molecule has 86 valence electrons. The van der Waals surface area contributed by atoms with E-state index in [9.17, 15) is 0 Å². The molecule has 0 radical (unpaired) electrons. The van der Waals surface area contributed by atoms with Crippen molar-refractivity contribution >= 4 is 41.7 Å². The Morgan fingerprint density at radius 2 is 2.33 bits per heavy atom. The summed E-state index contributed by atoms with van der Waals surface area (Å²) in [5.74, 6) is 4.95. The van der Waals surface area contributed by atoms with Crippen LogP contribution in [0.4, 0.5) is 0 Å². The lowest BCUT2D eigenvalue weighted by Crippen LogP contribution is -2.35. The van der Waals surface area contributed by atoms with Crippen molar-refractivity contribution in [1.82, 2.24) is 4.90 Å². The van der Waals surface area contributed by atoms with Crippen molar-refractivity contribution in [2.45, 2.75) is 18.9 Å². The van der Waals surface area contributed by atoms with Gasteiger partial charge in [-0.05, 0) is 12.8 Å². The maximum Gasteiger partial charge on any atom is 0.191 e. The van der Waals surface area contributed by atoms with Crippen molar-refractivity contribution in [3.05, 3.63) is 0 Å². The fourth-order valence-electron chi connectivity index (χ4n) is 1.12. The van der Waals surface area contributed by atoms with Gasteiger partial charge in [-0.3, -0.25) is 4.99 Å². The first-order chi connectivity index (χ1) is 6.75. The van der Waals surface area contributed by atoms with Gasteiger partial charge in [-0.2, -0.15) is 0 Å². The lowest BCUT2D eigenvalue weighted by molar-refractivity contribution is 0.488. The highest BCUT2D eigenvalue weighted by atomic mass is 127. The van der Waals surface area contributed by atoms with E-state index in [4.69, 9.17) is 12.2 Å². The molecule has 0 unspecified atom stereocenters. The van der Waals surface area contributed by atoms with Crippen LogP contribution >= 0.6 is 35.7 Å². The largest absolute Gasteiger partial charge is 0.370 e. The van der Waals surface area contributed by atoms with E-state index >= 15 is 0 Å². The first kappa shape index (κ1) is 14.9. The molecule has 0 aromatic heterocycles. The van der Waals surface area contributed by atoms with Gasteiger partial charge >= 0.3 is 0 Å². The third-order valence-electron chi connectivity index (χ3n) is 2.15. The first-order valence-electron chi connectivity index (χ1n) is 4.79. The van der Waals surface area contributed by atoms with Crippen molar-refractivity contribution in [3.63, 3.8) is 0 Å². The molecular formula is C10H18IN3S. The Balaban J connectivity index is 0.00000196. The number of terminal acetylenes is 1. The highest BCUT2D eigenvalue weighted by Crippen LogP contribution is 2.24. The molecule has 2 N–H and O–H groups in total. The van der Waals surface area contributed by atoms with Gasteiger partial charge < -0.3 is 10.6 Å². The van der Waals surface area contributed by atoms with Crippen LogP contribution in [0.1, 0.15) is 12.8 Å². The minimum atomic E-state index is 0. The van der Waals surface area contributed by atoms with E-state index in [1.165, 1.54) is 12.8 Å². The second kappa shape index (κ2) is 8.11. The quantitative estimate of drug-likeness (QED) is 0.271. The van der Waals surface area contributed by atoms with E-state index in [2.05, 4.69) is 15.8 Å². The normalized spacial score (nSPS) is 15.3. The van der Waals surface area contributed by atoms with Crippen molar-refractivity contribution in [1.29, 1.82) is 0 Å². The summed E-state index contributed by atoms with van der Waals surface area (Å²) in [4.78, 5) is 6.35. The second-order valence-corrected chi connectivity index (χ2v) is 4.44. The van der Waals surface area contributed by atoms with Crippen LogP contribution in [0, 0.1) is 12.3 Å². The van der Waals surface area contributed by atoms with E-state index in [-0.39, 0.29) is 24.0 Å². The summed E-state index contributed by atoms with van der Waals surface area (Å²) in [6, 6.07) is 0.636. The number of hydrogen-bond donors (Lipinski definition) is 1. The topological polar surface area (TPSA) is 41.6 Å². The molecule has 0 spiro atoms. The Kier molecular flexibility index (Phi) is 8.06. The third-order valence-corrected chi connectivity index (χ3v) is 2.99. The van der Waals surface area contributed by atoms with Crippen LogP contribution in [0.25, 0.3) is 0 Å². The summed E-state index contributed by atoms with van der Waals surface area (Å²) >= 11 is 1.71. The van der Waals surface area contributed by atoms with E-state index < -0.39 is 0 Å². The fourth-order valence-corrected chi connectivity index (χ4v) is 1.60. The van der Waals surface area contributed by atoms with Gasteiger partial charge in [0.2, 0.25) is 0 Å². The Morgan fingerprint density at radius 3 is 2.87 bits per heavy atom. The molecule has 0 atom stereocenters. The molecule has 0 aromatic carbocycles. The number of halogens is 1. The van der Waals surface area contributed by atoms with Gasteiger partial charge in [0.05, 0.1) is 12.3 Å². The standard InChI is InChI=1S/C10H17N3S.HI/c1-3-7-14-8-6-12-10(11)13(2)9-4-5-9;/h1,9H,4-8H2,2H3,(H2,11,12);1H. The van der Waals surface area contributed by atoms with E-state index in [1.54, 1.807) is 11.8 Å². The monoisotopic (exact) mass is 339 g/mol. The average molecular weight is 339 g/mol. The highest BCUT2D eigenvalue weighted by Gasteiger charge is 2.27. The Hall–Kier alpha value is -0.0900. The van der Waals surface area contributed by atoms with E-state index in [0.717, 1.165) is 18.1 Å². The summed E-state index contributed by atoms with van der Waals surface area (Å²) in [6.07, 6.45) is 7.62. The predicted octanol–water partition coefficient (Wildman–Crippen LogP) is 1.38. The number of aliphatic imine (C=N–C) groups is 1. The minimum absolute atomic E-state index is 0. The Morgan fingerprint density at radius 1 is 1.67 bits per heavy atom. The smallest absolute Gasteiger partial charge is 0.191 e. The van der Waals surface area contributed by atoms with Crippen LogP contribution < -0.4 is 5.73 Å². The number of hydrogen-bond acceptors (Lipinski definition) is 2. The second-order valence-electron chi connectivity index (χ2n) is 3.34.